The van der Waals surface area contributed by atoms with Gasteiger partial charge in [-0.2, -0.15) is 0 Å². The Bertz CT molecular complexity index is 7770. The zero-order valence-corrected chi connectivity index (χ0v) is 91.4. The number of para-hydroxylation sites is 2. The molecule has 0 amide bonds. The van der Waals surface area contributed by atoms with Crippen LogP contribution in [0.3, 0.4) is 0 Å². The second-order valence-electron chi connectivity index (χ2n) is 35.2. The normalized spacial score (nSPS) is 10.7. The summed E-state index contributed by atoms with van der Waals surface area (Å²) in [5.74, 6) is 2.22. The molecule has 0 saturated heterocycles. The molecule has 0 spiro atoms. The van der Waals surface area contributed by atoms with Crippen LogP contribution in [0.5, 0.6) is 0 Å². The predicted octanol–water partition coefficient (Wildman–Crippen LogP) is 33.7. The van der Waals surface area contributed by atoms with Crippen LogP contribution >= 0.6 is 0 Å². The maximum atomic E-state index is 6.10. The third-order valence-corrected chi connectivity index (χ3v) is 24.0. The first-order valence-electron chi connectivity index (χ1n) is 47.1. The molecule has 0 N–H and O–H groups in total. The van der Waals surface area contributed by atoms with Crippen LogP contribution in [0.15, 0.2) is 407 Å². The van der Waals surface area contributed by atoms with E-state index in [0.29, 0.717) is 23.7 Å². The number of aromatic nitrogens is 8. The first kappa shape index (κ1) is 107. The van der Waals surface area contributed by atoms with Crippen molar-refractivity contribution in [3.63, 3.8) is 0 Å². The molecular formula is C128H104Ir4N8O4-8. The molecular weight excluding hydrogens is 2480 g/mol. The molecule has 4 radical (unpaired) electrons. The van der Waals surface area contributed by atoms with E-state index in [4.69, 9.17) is 17.7 Å². The van der Waals surface area contributed by atoms with Gasteiger partial charge < -0.3 is 57.5 Å². The molecule has 12 aromatic carbocycles. The Labute approximate surface area is 896 Å². The Kier molecular flexibility index (Phi) is 38.3. The van der Waals surface area contributed by atoms with Crippen LogP contribution in [0.2, 0.25) is 0 Å². The maximum absolute atomic E-state index is 6.10. The minimum atomic E-state index is 0. The van der Waals surface area contributed by atoms with E-state index in [1.807, 2.05) is 206 Å². The van der Waals surface area contributed by atoms with Crippen molar-refractivity contribution in [2.45, 2.75) is 107 Å². The Morgan fingerprint density at radius 1 is 0.208 bits per heavy atom. The number of hydrogen-bond acceptors (Lipinski definition) is 12. The van der Waals surface area contributed by atoms with Crippen LogP contribution in [-0.2, 0) is 80.4 Å². The third kappa shape index (κ3) is 26.2. The van der Waals surface area contributed by atoms with E-state index in [1.54, 1.807) is 49.6 Å². The molecule has 724 valence electrons. The van der Waals surface area contributed by atoms with Crippen LogP contribution in [0.25, 0.3) is 178 Å². The van der Waals surface area contributed by atoms with E-state index in [0.717, 1.165) is 189 Å². The average molecular weight is 2590 g/mol. The van der Waals surface area contributed by atoms with Gasteiger partial charge in [0.1, 0.15) is 22.3 Å². The summed E-state index contributed by atoms with van der Waals surface area (Å²) in [6.45, 7) is 25.7. The van der Waals surface area contributed by atoms with Crippen molar-refractivity contribution in [2.75, 3.05) is 0 Å². The number of hydrogen-bond donors (Lipinski definition) is 0. The number of pyridine rings is 8. The molecule has 0 aliphatic heterocycles. The van der Waals surface area contributed by atoms with Gasteiger partial charge in [0.2, 0.25) is 0 Å². The van der Waals surface area contributed by atoms with Gasteiger partial charge in [-0.15, -0.1) is 214 Å². The van der Waals surface area contributed by atoms with E-state index in [2.05, 4.69) is 305 Å². The summed E-state index contributed by atoms with van der Waals surface area (Å²) in [5, 5.41) is 9.01. The van der Waals surface area contributed by atoms with Gasteiger partial charge in [-0.1, -0.05) is 280 Å². The van der Waals surface area contributed by atoms with Gasteiger partial charge in [-0.3, -0.25) is 0 Å². The van der Waals surface area contributed by atoms with E-state index in [9.17, 15) is 0 Å². The number of nitrogens with zero attached hydrogens (tertiary/aromatic N) is 8. The van der Waals surface area contributed by atoms with Gasteiger partial charge in [-0.25, -0.2) is 0 Å². The van der Waals surface area contributed by atoms with Crippen LogP contribution in [0, 0.1) is 76.2 Å². The van der Waals surface area contributed by atoms with Crippen molar-refractivity contribution in [3.8, 4) is 90.1 Å². The summed E-state index contributed by atoms with van der Waals surface area (Å²) in [6, 6.07) is 139. The molecule has 0 unspecified atom stereocenters. The summed E-state index contributed by atoms with van der Waals surface area (Å²) in [5.41, 5.74) is 32.4. The van der Waals surface area contributed by atoms with E-state index >= 15 is 0 Å². The molecule has 0 aliphatic carbocycles. The second kappa shape index (κ2) is 51.5. The summed E-state index contributed by atoms with van der Waals surface area (Å²) in [4.78, 5) is 34.8. The Morgan fingerprint density at radius 3 is 0.882 bits per heavy atom. The fourth-order valence-corrected chi connectivity index (χ4v) is 16.2. The molecule has 16 heteroatoms. The number of rotatable bonds is 12. The molecule has 0 aliphatic rings. The number of fused-ring (bicyclic) bond motifs is 12. The largest absolute Gasteiger partial charge is 0.501 e. The van der Waals surface area contributed by atoms with Crippen molar-refractivity contribution in [1.29, 1.82) is 0 Å². The van der Waals surface area contributed by atoms with Gasteiger partial charge in [0.05, 0.1) is 22.3 Å². The van der Waals surface area contributed by atoms with Crippen molar-refractivity contribution in [3.05, 3.63) is 482 Å². The third-order valence-electron chi connectivity index (χ3n) is 24.0. The molecule has 0 atom stereocenters. The molecule has 12 nitrogen and oxygen atoms in total. The van der Waals surface area contributed by atoms with Gasteiger partial charge in [0.15, 0.2) is 0 Å². The smallest absolute Gasteiger partial charge is 0.123 e. The van der Waals surface area contributed by atoms with Gasteiger partial charge in [0.25, 0.3) is 0 Å². The molecule has 0 saturated carbocycles. The summed E-state index contributed by atoms with van der Waals surface area (Å²) < 4.78 is 24.2. The van der Waals surface area contributed by atoms with Crippen molar-refractivity contribution in [1.82, 2.24) is 39.9 Å². The Morgan fingerprint density at radius 2 is 0.507 bits per heavy atom. The second-order valence-corrected chi connectivity index (χ2v) is 35.2. The SMILES string of the molecule is CC(C)c1c[c-]c(-c2ccccn2)cc1.CC(C)c1c[c-]c(-c2ccccn2)cc1.CC(C)c1c[c-]c(-c2ccccn2)cc1.CC(C)c1c[c-]c(-c2ccccn2)cc1.Cc1ccc2c(c1)oc1c(-c3ccccn3)[c-]ccc12.Cc1ccc2oc3c(-c4ccccn4)[c-]ccc3c2c1.Cc1cccc2c1oc1c(-c3ccccn3)[c-]ccc12.Cc1cccnc1-c1[c-]ccc2c1oc1ccccc12.[Ir].[Ir].[Ir].[Ir]. The van der Waals surface area contributed by atoms with E-state index < -0.39 is 0 Å². The Hall–Kier alpha value is -14.4. The van der Waals surface area contributed by atoms with Crippen molar-refractivity contribution < 1.29 is 98.1 Å². The quantitative estimate of drug-likeness (QED) is 0.107. The van der Waals surface area contributed by atoms with Crippen LogP contribution < -0.4 is 0 Å². The van der Waals surface area contributed by atoms with Gasteiger partial charge in [-0.05, 0) is 157 Å². The topological polar surface area (TPSA) is 156 Å². The van der Waals surface area contributed by atoms with Crippen molar-refractivity contribution in [2.24, 2.45) is 0 Å². The number of aryl methyl sites for hydroxylation is 4. The van der Waals surface area contributed by atoms with Crippen LogP contribution in [0.1, 0.15) is 124 Å². The number of furan rings is 4. The maximum Gasteiger partial charge on any atom is 0.123 e. The summed E-state index contributed by atoms with van der Waals surface area (Å²) in [6.07, 6.45) is 14.4. The van der Waals surface area contributed by atoms with Crippen LogP contribution in [-0.4, -0.2) is 39.9 Å². The van der Waals surface area contributed by atoms with E-state index in [-0.39, 0.29) is 80.4 Å². The van der Waals surface area contributed by atoms with Gasteiger partial charge >= 0.3 is 0 Å². The summed E-state index contributed by atoms with van der Waals surface area (Å²) in [7, 11) is 0. The standard InChI is InChI=1S/4C18H12NO.4C14H14N.4Ir/c1-12-6-5-11-19-17(12)15-9-4-8-14-13-7-2-3-10-16(13)20-18(14)15;1-12-6-4-7-13-14-8-5-9-15(18(14)20-17(12)13)16-10-2-3-11-19-16;1-12-8-9-13-14-5-4-6-15(16-7-2-3-10-19-16)18(14)20-17(13)11-12;1-12-8-9-17-15(11-12)13-5-4-6-14(18(13)20-17)16-7-2-3-10-19-16;4*1-11(2)12-6-8-13(9-7-12)14-5-3-4-10-15-14;;;;/h2*2-8,10-11H,1H3;2*2-5,7-11H,1H3;4*3-8,10-11H,1-2H3;;;;/q8*-1;;;;. The van der Waals surface area contributed by atoms with Crippen molar-refractivity contribution >= 4 is 87.8 Å². The zero-order chi connectivity index (χ0) is 96.8. The molecule has 144 heavy (non-hydrogen) atoms. The monoisotopic (exact) mass is 2590 g/mol. The molecule has 24 rings (SSSR count). The predicted molar refractivity (Wildman–Crippen MR) is 572 cm³/mol. The molecule has 12 aromatic heterocycles. The fourth-order valence-electron chi connectivity index (χ4n) is 16.2. The molecule has 0 fully saturated rings. The minimum Gasteiger partial charge on any atom is -0.501 e. The molecule has 24 aromatic rings. The van der Waals surface area contributed by atoms with Crippen LogP contribution in [0.4, 0.5) is 0 Å². The first-order valence-corrected chi connectivity index (χ1v) is 47.1. The summed E-state index contributed by atoms with van der Waals surface area (Å²) >= 11 is 0. The Balaban J connectivity index is 0.000000138. The average Bonchev–Trinajstić information content (AvgIpc) is 1.61. The zero-order valence-electron chi connectivity index (χ0n) is 81.8. The molecule has 12 heterocycles. The van der Waals surface area contributed by atoms with Gasteiger partial charge in [0, 0.05) is 152 Å². The fraction of sp³-hybridized carbons (Fsp3) is 0.125. The first-order chi connectivity index (χ1) is 68.4. The minimum absolute atomic E-state index is 0. The number of benzene rings is 12. The molecule has 0 bridgehead atoms. The van der Waals surface area contributed by atoms with E-state index in [1.165, 1.54) is 33.4 Å².